The summed E-state index contributed by atoms with van der Waals surface area (Å²) in [5.41, 5.74) is 2.28. The number of fused-ring (bicyclic) bond motifs is 1. The normalized spacial score (nSPS) is 10.9. The van der Waals surface area contributed by atoms with Crippen molar-refractivity contribution in [1.29, 1.82) is 0 Å². The minimum atomic E-state index is -0.215. The number of ketones is 1. The van der Waals surface area contributed by atoms with E-state index in [0.29, 0.717) is 27.6 Å². The number of hydrogen-bond acceptors (Lipinski definition) is 4. The first-order valence-electron chi connectivity index (χ1n) is 6.10. The highest BCUT2D eigenvalue weighted by Gasteiger charge is 2.18. The van der Waals surface area contributed by atoms with Crippen molar-refractivity contribution in [3.63, 3.8) is 0 Å². The van der Waals surface area contributed by atoms with Crippen molar-refractivity contribution in [2.75, 3.05) is 0 Å². The van der Waals surface area contributed by atoms with E-state index in [1.165, 1.54) is 0 Å². The van der Waals surface area contributed by atoms with E-state index in [1.54, 1.807) is 32.0 Å². The van der Waals surface area contributed by atoms with Crippen LogP contribution in [-0.4, -0.2) is 16.0 Å². The molecule has 1 aromatic carbocycles. The molecule has 0 amide bonds. The molecule has 0 fully saturated rings. The van der Waals surface area contributed by atoms with E-state index in [1.807, 2.05) is 12.1 Å². The van der Waals surface area contributed by atoms with Gasteiger partial charge in [0.1, 0.15) is 0 Å². The molecule has 3 rings (SSSR count). The van der Waals surface area contributed by atoms with Gasteiger partial charge in [-0.05, 0) is 32.0 Å². The molecule has 0 aliphatic carbocycles. The van der Waals surface area contributed by atoms with Gasteiger partial charge in [-0.15, -0.1) is 0 Å². The number of halogens is 1. The Morgan fingerprint density at radius 2 is 2.00 bits per heavy atom. The largest absolute Gasteiger partial charge is 0.451 e. The summed E-state index contributed by atoms with van der Waals surface area (Å²) in [6.07, 6.45) is 0. The van der Waals surface area contributed by atoms with E-state index in [9.17, 15) is 4.79 Å². The molecular weight excluding hydrogens is 276 g/mol. The molecule has 2 aromatic heterocycles. The summed E-state index contributed by atoms with van der Waals surface area (Å²) in [7, 11) is 0. The molecule has 0 atom stereocenters. The number of nitrogens with zero attached hydrogens (tertiary/aromatic N) is 2. The molecule has 0 radical (unpaired) electrons. The molecule has 0 saturated heterocycles. The summed E-state index contributed by atoms with van der Waals surface area (Å²) < 4.78 is 5.58. The third kappa shape index (κ3) is 2.08. The van der Waals surface area contributed by atoms with Gasteiger partial charge in [0.2, 0.25) is 5.78 Å². The first-order chi connectivity index (χ1) is 9.56. The van der Waals surface area contributed by atoms with Crippen LogP contribution in [0.5, 0.6) is 0 Å². The fourth-order valence-corrected chi connectivity index (χ4v) is 2.27. The summed E-state index contributed by atoms with van der Waals surface area (Å²) in [6.45, 7) is 3.54. The molecule has 2 heterocycles. The zero-order chi connectivity index (χ0) is 14.3. The zero-order valence-corrected chi connectivity index (χ0v) is 11.7. The Morgan fingerprint density at radius 1 is 1.20 bits per heavy atom. The monoisotopic (exact) mass is 286 g/mol. The molecule has 0 aliphatic heterocycles. The summed E-state index contributed by atoms with van der Waals surface area (Å²) in [4.78, 5) is 12.5. The van der Waals surface area contributed by atoms with Gasteiger partial charge in [0, 0.05) is 5.39 Å². The van der Waals surface area contributed by atoms with Crippen molar-refractivity contribution in [3.05, 3.63) is 58.1 Å². The molecule has 20 heavy (non-hydrogen) atoms. The first kappa shape index (κ1) is 12.8. The molecule has 0 aliphatic rings. The summed E-state index contributed by atoms with van der Waals surface area (Å²) in [6, 6.07) is 8.80. The minimum Gasteiger partial charge on any atom is -0.451 e. The Morgan fingerprint density at radius 3 is 2.75 bits per heavy atom. The van der Waals surface area contributed by atoms with Crippen LogP contribution < -0.4 is 0 Å². The Kier molecular flexibility index (Phi) is 3.03. The maximum absolute atomic E-state index is 12.5. The molecule has 100 valence electrons. The van der Waals surface area contributed by atoms with Gasteiger partial charge in [0.15, 0.2) is 11.3 Å². The summed E-state index contributed by atoms with van der Waals surface area (Å²) in [5.74, 6) is 0.0383. The second-order valence-electron chi connectivity index (χ2n) is 4.58. The molecule has 0 saturated carbocycles. The van der Waals surface area contributed by atoms with Crippen LogP contribution in [0.15, 0.2) is 34.7 Å². The van der Waals surface area contributed by atoms with Crippen LogP contribution in [0.25, 0.3) is 11.0 Å². The summed E-state index contributed by atoms with van der Waals surface area (Å²) in [5, 5.41) is 9.17. The number of benzene rings is 1. The Labute approximate surface area is 120 Å². The number of hydrogen-bond donors (Lipinski definition) is 0. The van der Waals surface area contributed by atoms with Gasteiger partial charge >= 0.3 is 0 Å². The highest BCUT2D eigenvalue weighted by atomic mass is 35.5. The number of aromatic nitrogens is 2. The average molecular weight is 287 g/mol. The predicted molar refractivity (Wildman–Crippen MR) is 76.2 cm³/mol. The maximum atomic E-state index is 12.5. The third-order valence-electron chi connectivity index (χ3n) is 3.07. The second kappa shape index (κ2) is 4.72. The highest BCUT2D eigenvalue weighted by Crippen LogP contribution is 2.28. The van der Waals surface area contributed by atoms with Crippen molar-refractivity contribution in [1.82, 2.24) is 10.2 Å². The van der Waals surface area contributed by atoms with E-state index in [0.717, 1.165) is 5.39 Å². The van der Waals surface area contributed by atoms with Crippen molar-refractivity contribution in [2.24, 2.45) is 0 Å². The van der Waals surface area contributed by atoms with Crippen LogP contribution >= 0.6 is 11.6 Å². The lowest BCUT2D eigenvalue weighted by atomic mass is 10.1. The molecule has 0 spiro atoms. The van der Waals surface area contributed by atoms with Crippen molar-refractivity contribution < 1.29 is 9.21 Å². The molecule has 3 aromatic rings. The first-order valence-corrected chi connectivity index (χ1v) is 6.48. The number of furan rings is 1. The molecule has 5 heteroatoms. The lowest BCUT2D eigenvalue weighted by Crippen LogP contribution is -2.06. The topological polar surface area (TPSA) is 56.0 Å². The number of para-hydroxylation sites is 1. The van der Waals surface area contributed by atoms with Crippen LogP contribution in [0.1, 0.15) is 27.5 Å². The van der Waals surface area contributed by atoms with Crippen molar-refractivity contribution in [3.8, 4) is 0 Å². The average Bonchev–Trinajstić information content (AvgIpc) is 2.86. The molecule has 0 bridgehead atoms. The van der Waals surface area contributed by atoms with Crippen LogP contribution in [0.4, 0.5) is 0 Å². The van der Waals surface area contributed by atoms with Gasteiger partial charge in [-0.2, -0.15) is 10.2 Å². The minimum absolute atomic E-state index is 0.215. The van der Waals surface area contributed by atoms with E-state index in [-0.39, 0.29) is 11.5 Å². The standard InChI is InChI=1S/C15H11ClN2O2/c1-8-6-11(9(2)18-17-8)14(19)13-7-10-4-3-5-12(16)15(10)20-13/h3-7H,1-2H3. The predicted octanol–water partition coefficient (Wildman–Crippen LogP) is 3.72. The Hall–Kier alpha value is -2.20. The summed E-state index contributed by atoms with van der Waals surface area (Å²) >= 11 is 6.05. The molecule has 0 N–H and O–H groups in total. The molecular formula is C15H11ClN2O2. The van der Waals surface area contributed by atoms with Gasteiger partial charge in [0.05, 0.1) is 22.0 Å². The van der Waals surface area contributed by atoms with Gasteiger partial charge in [0.25, 0.3) is 0 Å². The van der Waals surface area contributed by atoms with E-state index in [2.05, 4.69) is 10.2 Å². The van der Waals surface area contributed by atoms with Gasteiger partial charge < -0.3 is 4.42 Å². The fraction of sp³-hybridized carbons (Fsp3) is 0.133. The van der Waals surface area contributed by atoms with E-state index >= 15 is 0 Å². The van der Waals surface area contributed by atoms with E-state index in [4.69, 9.17) is 16.0 Å². The van der Waals surface area contributed by atoms with Crippen LogP contribution in [0.3, 0.4) is 0 Å². The highest BCUT2D eigenvalue weighted by molar-refractivity contribution is 6.35. The zero-order valence-electron chi connectivity index (χ0n) is 11.0. The smallest absolute Gasteiger partial charge is 0.230 e. The van der Waals surface area contributed by atoms with Crippen LogP contribution in [0, 0.1) is 13.8 Å². The van der Waals surface area contributed by atoms with Crippen LogP contribution in [-0.2, 0) is 0 Å². The lowest BCUT2D eigenvalue weighted by molar-refractivity contribution is 0.101. The number of aryl methyl sites for hydroxylation is 2. The number of carbonyl (C=O) groups excluding carboxylic acids is 1. The second-order valence-corrected chi connectivity index (χ2v) is 4.99. The van der Waals surface area contributed by atoms with Crippen LogP contribution in [0.2, 0.25) is 5.02 Å². The fourth-order valence-electron chi connectivity index (χ4n) is 2.05. The number of carbonyl (C=O) groups is 1. The van der Waals surface area contributed by atoms with Gasteiger partial charge in [-0.25, -0.2) is 0 Å². The SMILES string of the molecule is Cc1cc(C(=O)c2cc3cccc(Cl)c3o2)c(C)nn1. The maximum Gasteiger partial charge on any atom is 0.230 e. The third-order valence-corrected chi connectivity index (χ3v) is 3.36. The lowest BCUT2D eigenvalue weighted by Gasteiger charge is -2.01. The Bertz CT molecular complexity index is 824. The molecule has 4 nitrogen and oxygen atoms in total. The van der Waals surface area contributed by atoms with Gasteiger partial charge in [-0.3, -0.25) is 4.79 Å². The quantitative estimate of drug-likeness (QED) is 0.674. The van der Waals surface area contributed by atoms with E-state index < -0.39 is 0 Å². The number of rotatable bonds is 2. The Balaban J connectivity index is 2.13. The van der Waals surface area contributed by atoms with Crippen molar-refractivity contribution >= 4 is 28.4 Å². The van der Waals surface area contributed by atoms with Crippen molar-refractivity contribution in [2.45, 2.75) is 13.8 Å². The molecule has 0 unspecified atom stereocenters. The van der Waals surface area contributed by atoms with Gasteiger partial charge in [-0.1, -0.05) is 23.7 Å².